The average Bonchev–Trinajstić information content (AvgIpc) is 2.49. The van der Waals surface area contributed by atoms with Crippen LogP contribution >= 0.6 is 0 Å². The Balaban J connectivity index is 1.81. The lowest BCUT2D eigenvalue weighted by Gasteiger charge is -2.31. The van der Waals surface area contributed by atoms with Gasteiger partial charge in [0.15, 0.2) is 0 Å². The molecule has 1 N–H and O–H groups in total. The number of likely N-dealkylation sites (N-methyl/N-ethyl adjacent to an activating group) is 1. The number of benzene rings is 1. The third kappa shape index (κ3) is 4.50. The van der Waals surface area contributed by atoms with Crippen LogP contribution < -0.4 is 10.1 Å². The lowest BCUT2D eigenvalue weighted by atomic mass is 10.0. The van der Waals surface area contributed by atoms with Gasteiger partial charge in [-0.15, -0.1) is 0 Å². The zero-order valence-electron chi connectivity index (χ0n) is 13.1. The van der Waals surface area contributed by atoms with Crippen molar-refractivity contribution in [3.8, 4) is 5.75 Å². The highest BCUT2D eigenvalue weighted by molar-refractivity contribution is 5.27. The first-order valence-electron chi connectivity index (χ1n) is 7.75. The lowest BCUT2D eigenvalue weighted by molar-refractivity contribution is 0.212. The van der Waals surface area contributed by atoms with Gasteiger partial charge in [-0.3, -0.25) is 0 Å². The molecule has 0 aromatic heterocycles. The molecule has 1 heterocycles. The van der Waals surface area contributed by atoms with Crippen molar-refractivity contribution in [2.45, 2.75) is 44.7 Å². The molecule has 1 aromatic rings. The Hall–Kier alpha value is -1.06. The van der Waals surface area contributed by atoms with Crippen LogP contribution in [-0.4, -0.2) is 44.2 Å². The van der Waals surface area contributed by atoms with Gasteiger partial charge in [0, 0.05) is 18.6 Å². The highest BCUT2D eigenvalue weighted by Crippen LogP contribution is 2.15. The molecule has 0 spiro atoms. The van der Waals surface area contributed by atoms with E-state index < -0.39 is 0 Å². The predicted molar refractivity (Wildman–Crippen MR) is 84.4 cm³/mol. The van der Waals surface area contributed by atoms with Crippen LogP contribution in [0.15, 0.2) is 24.3 Å². The van der Waals surface area contributed by atoms with E-state index in [1.54, 1.807) is 7.11 Å². The molecular weight excluding hydrogens is 248 g/mol. The molecule has 1 aliphatic heterocycles. The molecule has 0 amide bonds. The van der Waals surface area contributed by atoms with Gasteiger partial charge in [-0.2, -0.15) is 0 Å². The van der Waals surface area contributed by atoms with Crippen LogP contribution in [-0.2, 0) is 6.42 Å². The van der Waals surface area contributed by atoms with Gasteiger partial charge in [0.05, 0.1) is 7.11 Å². The number of methoxy groups -OCH3 is 1. The molecule has 3 nitrogen and oxygen atoms in total. The second kappa shape index (κ2) is 7.65. The smallest absolute Gasteiger partial charge is 0.118 e. The summed E-state index contributed by atoms with van der Waals surface area (Å²) in [5, 5.41) is 3.63. The lowest BCUT2D eigenvalue weighted by Crippen LogP contribution is -2.45. The highest BCUT2D eigenvalue weighted by atomic mass is 16.5. The Morgan fingerprint density at radius 2 is 2.05 bits per heavy atom. The van der Waals surface area contributed by atoms with Crippen molar-refractivity contribution in [3.05, 3.63) is 29.8 Å². The normalized spacial score (nSPS) is 20.9. The summed E-state index contributed by atoms with van der Waals surface area (Å²) < 4.78 is 5.20. The Morgan fingerprint density at radius 1 is 1.30 bits per heavy atom. The molecule has 1 aliphatic rings. The SMILES string of the molecule is COc1ccc(CC(C)N(C)CC2CCCCN2)cc1. The van der Waals surface area contributed by atoms with Crippen LogP contribution in [0.2, 0.25) is 0 Å². The van der Waals surface area contributed by atoms with Crippen molar-refractivity contribution >= 4 is 0 Å². The van der Waals surface area contributed by atoms with Gasteiger partial charge in [0.1, 0.15) is 5.75 Å². The summed E-state index contributed by atoms with van der Waals surface area (Å²) in [6, 6.07) is 9.67. The molecule has 2 rings (SSSR count). The summed E-state index contributed by atoms with van der Waals surface area (Å²) >= 11 is 0. The summed E-state index contributed by atoms with van der Waals surface area (Å²) in [6.45, 7) is 4.65. The van der Waals surface area contributed by atoms with E-state index in [1.807, 2.05) is 12.1 Å². The fourth-order valence-electron chi connectivity index (χ4n) is 2.87. The number of hydrogen-bond acceptors (Lipinski definition) is 3. The summed E-state index contributed by atoms with van der Waals surface area (Å²) in [6.07, 6.45) is 5.12. The van der Waals surface area contributed by atoms with Crippen molar-refractivity contribution in [1.29, 1.82) is 0 Å². The van der Waals surface area contributed by atoms with E-state index in [4.69, 9.17) is 4.74 Å². The van der Waals surface area contributed by atoms with Crippen molar-refractivity contribution in [2.75, 3.05) is 27.2 Å². The van der Waals surface area contributed by atoms with Gasteiger partial charge >= 0.3 is 0 Å². The number of rotatable bonds is 6. The van der Waals surface area contributed by atoms with Crippen LogP contribution in [0.3, 0.4) is 0 Å². The molecule has 2 unspecified atom stereocenters. The topological polar surface area (TPSA) is 24.5 Å². The van der Waals surface area contributed by atoms with E-state index in [0.717, 1.165) is 18.7 Å². The molecule has 0 saturated carbocycles. The maximum Gasteiger partial charge on any atom is 0.118 e. The predicted octanol–water partition coefficient (Wildman–Crippen LogP) is 2.70. The number of piperidine rings is 1. The van der Waals surface area contributed by atoms with E-state index in [1.165, 1.54) is 31.4 Å². The molecule has 20 heavy (non-hydrogen) atoms. The van der Waals surface area contributed by atoms with Crippen LogP contribution in [0.5, 0.6) is 5.75 Å². The molecule has 1 saturated heterocycles. The molecule has 1 fully saturated rings. The van der Waals surface area contributed by atoms with Gasteiger partial charge < -0.3 is 15.0 Å². The Kier molecular flexibility index (Phi) is 5.86. The van der Waals surface area contributed by atoms with Crippen LogP contribution in [0.1, 0.15) is 31.7 Å². The third-order valence-corrected chi connectivity index (χ3v) is 4.36. The molecule has 1 aromatic carbocycles. The van der Waals surface area contributed by atoms with Crippen molar-refractivity contribution in [2.24, 2.45) is 0 Å². The van der Waals surface area contributed by atoms with Crippen LogP contribution in [0.25, 0.3) is 0 Å². The summed E-state index contributed by atoms with van der Waals surface area (Å²) in [4.78, 5) is 2.48. The maximum absolute atomic E-state index is 5.20. The monoisotopic (exact) mass is 276 g/mol. The first kappa shape index (κ1) is 15.3. The molecule has 0 bridgehead atoms. The molecule has 0 radical (unpaired) electrons. The Morgan fingerprint density at radius 3 is 2.65 bits per heavy atom. The number of nitrogens with one attached hydrogen (secondary N) is 1. The van der Waals surface area contributed by atoms with E-state index in [9.17, 15) is 0 Å². The highest BCUT2D eigenvalue weighted by Gasteiger charge is 2.17. The van der Waals surface area contributed by atoms with Crippen molar-refractivity contribution < 1.29 is 4.74 Å². The first-order chi connectivity index (χ1) is 9.69. The van der Waals surface area contributed by atoms with E-state index in [-0.39, 0.29) is 0 Å². The zero-order valence-corrected chi connectivity index (χ0v) is 13.1. The van der Waals surface area contributed by atoms with Gasteiger partial charge in [-0.1, -0.05) is 18.6 Å². The van der Waals surface area contributed by atoms with Gasteiger partial charge in [-0.25, -0.2) is 0 Å². The van der Waals surface area contributed by atoms with E-state index >= 15 is 0 Å². The largest absolute Gasteiger partial charge is 0.497 e. The number of ether oxygens (including phenoxy) is 1. The minimum absolute atomic E-state index is 0.562. The van der Waals surface area contributed by atoms with Crippen molar-refractivity contribution in [1.82, 2.24) is 10.2 Å². The first-order valence-corrected chi connectivity index (χ1v) is 7.75. The second-order valence-corrected chi connectivity index (χ2v) is 5.99. The van der Waals surface area contributed by atoms with Crippen LogP contribution in [0, 0.1) is 0 Å². The second-order valence-electron chi connectivity index (χ2n) is 5.99. The van der Waals surface area contributed by atoms with Gasteiger partial charge in [0.2, 0.25) is 0 Å². The summed E-state index contributed by atoms with van der Waals surface area (Å²) in [5.74, 6) is 0.932. The number of nitrogens with zero attached hydrogens (tertiary/aromatic N) is 1. The maximum atomic E-state index is 5.20. The Labute approximate surface area is 123 Å². The molecule has 3 heteroatoms. The van der Waals surface area contributed by atoms with E-state index in [0.29, 0.717) is 12.1 Å². The van der Waals surface area contributed by atoms with E-state index in [2.05, 4.69) is 36.3 Å². The standard InChI is InChI=1S/C17H28N2O/c1-14(12-15-7-9-17(20-3)10-8-15)19(2)13-16-6-4-5-11-18-16/h7-10,14,16,18H,4-6,11-13H2,1-3H3. The minimum atomic E-state index is 0.562. The Bertz CT molecular complexity index is 384. The molecular formula is C17H28N2O. The molecule has 112 valence electrons. The molecule has 0 aliphatic carbocycles. The third-order valence-electron chi connectivity index (χ3n) is 4.36. The zero-order chi connectivity index (χ0) is 14.4. The minimum Gasteiger partial charge on any atom is -0.497 e. The summed E-state index contributed by atoms with van der Waals surface area (Å²) in [5.41, 5.74) is 1.38. The quantitative estimate of drug-likeness (QED) is 0.864. The fourth-order valence-corrected chi connectivity index (χ4v) is 2.87. The fraction of sp³-hybridized carbons (Fsp3) is 0.647. The molecule has 2 atom stereocenters. The summed E-state index contributed by atoms with van der Waals surface area (Å²) in [7, 11) is 3.95. The van der Waals surface area contributed by atoms with Gasteiger partial charge in [0.25, 0.3) is 0 Å². The van der Waals surface area contributed by atoms with Crippen LogP contribution in [0.4, 0.5) is 0 Å². The van der Waals surface area contributed by atoms with Gasteiger partial charge in [-0.05, 0) is 57.5 Å². The van der Waals surface area contributed by atoms with Crippen molar-refractivity contribution in [3.63, 3.8) is 0 Å². The number of hydrogen-bond donors (Lipinski definition) is 1. The average molecular weight is 276 g/mol.